The molecule has 0 spiro atoms. The summed E-state index contributed by atoms with van der Waals surface area (Å²) in [5.74, 6) is 0.326. The van der Waals surface area contributed by atoms with Crippen LogP contribution in [0.25, 0.3) is 0 Å². The number of ketones is 1. The van der Waals surface area contributed by atoms with Crippen LogP contribution in [-0.2, 0) is 11.2 Å². The summed E-state index contributed by atoms with van der Waals surface area (Å²) < 4.78 is 1.58. The second-order valence-electron chi connectivity index (χ2n) is 5.27. The zero-order valence-electron chi connectivity index (χ0n) is 11.7. The molecule has 0 aliphatic rings. The van der Waals surface area contributed by atoms with Crippen molar-refractivity contribution in [3.05, 3.63) is 48.5 Å². The van der Waals surface area contributed by atoms with Gasteiger partial charge in [-0.1, -0.05) is 37.3 Å². The van der Waals surface area contributed by atoms with Gasteiger partial charge in [-0.05, 0) is 5.56 Å². The Labute approximate surface area is 134 Å². The van der Waals surface area contributed by atoms with E-state index in [0.29, 0.717) is 6.42 Å². The number of alkyl halides is 2. The number of hydrogen-bond acceptors (Lipinski definition) is 3. The van der Waals surface area contributed by atoms with E-state index in [1.54, 1.807) is 17.9 Å². The Morgan fingerprint density at radius 1 is 1.29 bits per heavy atom. The lowest BCUT2D eigenvalue weighted by atomic mass is 9.84. The Balaban J connectivity index is 2.31. The molecular formula is C15H17Cl2N3O. The first-order chi connectivity index (χ1) is 10.1. The Hall–Kier alpha value is -1.39. The highest BCUT2D eigenvalue weighted by Gasteiger charge is 2.37. The summed E-state index contributed by atoms with van der Waals surface area (Å²) in [5.41, 5.74) is 0.270. The molecule has 2 rings (SSSR count). The van der Waals surface area contributed by atoms with Crippen LogP contribution < -0.4 is 0 Å². The second-order valence-corrected chi connectivity index (χ2v) is 5.81. The highest BCUT2D eigenvalue weighted by molar-refractivity contribution is 6.24. The van der Waals surface area contributed by atoms with Crippen LogP contribution >= 0.6 is 23.2 Å². The maximum Gasteiger partial charge on any atom is 0.166 e. The molecule has 2 aromatic rings. The highest BCUT2D eigenvalue weighted by atomic mass is 35.5. The Morgan fingerprint density at radius 3 is 2.48 bits per heavy atom. The third kappa shape index (κ3) is 3.63. The predicted molar refractivity (Wildman–Crippen MR) is 83.8 cm³/mol. The third-order valence-corrected chi connectivity index (χ3v) is 4.69. The van der Waals surface area contributed by atoms with Crippen LogP contribution in [0.15, 0.2) is 43.0 Å². The summed E-state index contributed by atoms with van der Waals surface area (Å²) in [4.78, 5) is 16.8. The standard InChI is InChI=1S/C15H17Cl2N3O/c1-15(8-16,9-17)14(21)13(20-11-18-10-19-20)7-12-5-3-2-4-6-12/h2-6,10-11,13H,7-9H2,1H3. The van der Waals surface area contributed by atoms with Crippen molar-refractivity contribution in [1.82, 2.24) is 14.8 Å². The number of carbonyl (C=O) groups is 1. The van der Waals surface area contributed by atoms with E-state index in [0.717, 1.165) is 5.56 Å². The van der Waals surface area contributed by atoms with Crippen molar-refractivity contribution in [1.29, 1.82) is 0 Å². The lowest BCUT2D eigenvalue weighted by Gasteiger charge is -2.28. The van der Waals surface area contributed by atoms with Gasteiger partial charge in [-0.25, -0.2) is 9.67 Å². The number of Topliss-reactive ketones (excluding diaryl/α,β-unsaturated/α-hetero) is 1. The molecular weight excluding hydrogens is 309 g/mol. The van der Waals surface area contributed by atoms with Crippen LogP contribution in [0.5, 0.6) is 0 Å². The molecule has 1 aromatic heterocycles. The topological polar surface area (TPSA) is 47.8 Å². The van der Waals surface area contributed by atoms with Crippen molar-refractivity contribution in [2.75, 3.05) is 11.8 Å². The third-order valence-electron chi connectivity index (χ3n) is 3.52. The molecule has 0 amide bonds. The summed E-state index contributed by atoms with van der Waals surface area (Å²) in [6.07, 6.45) is 3.50. The summed E-state index contributed by atoms with van der Waals surface area (Å²) in [6, 6.07) is 9.34. The molecule has 1 unspecified atom stereocenters. The molecule has 0 radical (unpaired) electrons. The number of aromatic nitrogens is 3. The molecule has 0 saturated heterocycles. The zero-order valence-corrected chi connectivity index (χ0v) is 13.3. The van der Waals surface area contributed by atoms with Gasteiger partial charge in [0.15, 0.2) is 5.78 Å². The van der Waals surface area contributed by atoms with Gasteiger partial charge in [0.2, 0.25) is 0 Å². The zero-order chi connectivity index (χ0) is 15.3. The number of hydrogen-bond donors (Lipinski definition) is 0. The fourth-order valence-electron chi connectivity index (χ4n) is 2.09. The summed E-state index contributed by atoms with van der Waals surface area (Å²) in [7, 11) is 0. The Kier molecular flexibility index (Phi) is 5.37. The van der Waals surface area contributed by atoms with Crippen LogP contribution in [0.1, 0.15) is 18.5 Å². The minimum atomic E-state index is -0.783. The molecule has 0 N–H and O–H groups in total. The van der Waals surface area contributed by atoms with Crippen molar-refractivity contribution >= 4 is 29.0 Å². The van der Waals surface area contributed by atoms with Crippen LogP contribution in [0, 0.1) is 5.41 Å². The SMILES string of the molecule is CC(CCl)(CCl)C(=O)C(Cc1ccccc1)n1cncn1. The first kappa shape index (κ1) is 16.0. The average molecular weight is 326 g/mol. The molecule has 0 fully saturated rings. The minimum Gasteiger partial charge on any atom is -0.297 e. The van der Waals surface area contributed by atoms with Crippen LogP contribution in [-0.4, -0.2) is 32.3 Å². The fourth-order valence-corrected chi connectivity index (χ4v) is 2.64. The van der Waals surface area contributed by atoms with Gasteiger partial charge < -0.3 is 0 Å². The van der Waals surface area contributed by atoms with E-state index in [1.165, 1.54) is 6.33 Å². The lowest BCUT2D eigenvalue weighted by molar-refractivity contribution is -0.129. The lowest BCUT2D eigenvalue weighted by Crippen LogP contribution is -2.39. The number of halogens is 2. The number of nitrogens with zero attached hydrogens (tertiary/aromatic N) is 3. The molecule has 0 bridgehead atoms. The van der Waals surface area contributed by atoms with Gasteiger partial charge in [0.05, 0.1) is 5.41 Å². The largest absolute Gasteiger partial charge is 0.297 e. The molecule has 1 heterocycles. The molecule has 6 heteroatoms. The van der Waals surface area contributed by atoms with E-state index in [2.05, 4.69) is 10.1 Å². The first-order valence-electron chi connectivity index (χ1n) is 6.65. The average Bonchev–Trinajstić information content (AvgIpc) is 3.06. The Morgan fingerprint density at radius 2 is 1.95 bits per heavy atom. The quantitative estimate of drug-likeness (QED) is 0.735. The van der Waals surface area contributed by atoms with Crippen molar-refractivity contribution in [3.63, 3.8) is 0 Å². The summed E-state index contributed by atoms with van der Waals surface area (Å²) in [5, 5.41) is 4.11. The Bertz CT molecular complexity index is 568. The van der Waals surface area contributed by atoms with E-state index < -0.39 is 11.5 Å². The molecule has 21 heavy (non-hydrogen) atoms. The molecule has 112 valence electrons. The first-order valence-corrected chi connectivity index (χ1v) is 7.72. The van der Waals surface area contributed by atoms with Crippen LogP contribution in [0.2, 0.25) is 0 Å². The van der Waals surface area contributed by atoms with Crippen LogP contribution in [0.4, 0.5) is 0 Å². The normalized spacial score (nSPS) is 13.1. The summed E-state index contributed by atoms with van der Waals surface area (Å²) >= 11 is 11.9. The van der Waals surface area contributed by atoms with Crippen molar-refractivity contribution in [3.8, 4) is 0 Å². The van der Waals surface area contributed by atoms with Gasteiger partial charge in [-0.15, -0.1) is 23.2 Å². The maximum atomic E-state index is 12.9. The van der Waals surface area contributed by atoms with Gasteiger partial charge in [0.1, 0.15) is 18.7 Å². The molecule has 1 aromatic carbocycles. The van der Waals surface area contributed by atoms with E-state index in [9.17, 15) is 4.79 Å². The van der Waals surface area contributed by atoms with E-state index in [4.69, 9.17) is 23.2 Å². The van der Waals surface area contributed by atoms with E-state index >= 15 is 0 Å². The summed E-state index contributed by atoms with van der Waals surface area (Å²) in [6.45, 7) is 1.78. The molecule has 0 aliphatic carbocycles. The van der Waals surface area contributed by atoms with Gasteiger partial charge in [-0.3, -0.25) is 4.79 Å². The number of benzene rings is 1. The van der Waals surface area contributed by atoms with Crippen molar-refractivity contribution in [2.45, 2.75) is 19.4 Å². The van der Waals surface area contributed by atoms with Crippen molar-refractivity contribution < 1.29 is 4.79 Å². The molecule has 1 atom stereocenters. The smallest absolute Gasteiger partial charge is 0.166 e. The van der Waals surface area contributed by atoms with E-state index in [-0.39, 0.29) is 17.5 Å². The second kappa shape index (κ2) is 7.05. The number of rotatable bonds is 7. The molecule has 0 aliphatic heterocycles. The minimum absolute atomic E-state index is 0.0261. The fraction of sp³-hybridized carbons (Fsp3) is 0.400. The van der Waals surface area contributed by atoms with Gasteiger partial charge in [-0.2, -0.15) is 5.10 Å². The predicted octanol–water partition coefficient (Wildman–Crippen LogP) is 3.11. The number of carbonyl (C=O) groups excluding carboxylic acids is 1. The van der Waals surface area contributed by atoms with E-state index in [1.807, 2.05) is 30.3 Å². The maximum absolute atomic E-state index is 12.9. The van der Waals surface area contributed by atoms with Gasteiger partial charge in [0.25, 0.3) is 0 Å². The van der Waals surface area contributed by atoms with Crippen LogP contribution in [0.3, 0.4) is 0 Å². The molecule has 0 saturated carbocycles. The van der Waals surface area contributed by atoms with Gasteiger partial charge >= 0.3 is 0 Å². The van der Waals surface area contributed by atoms with Crippen molar-refractivity contribution in [2.24, 2.45) is 5.41 Å². The monoisotopic (exact) mass is 325 g/mol. The molecule has 4 nitrogen and oxygen atoms in total. The van der Waals surface area contributed by atoms with Gasteiger partial charge in [0, 0.05) is 18.2 Å². The highest BCUT2D eigenvalue weighted by Crippen LogP contribution is 2.29.